The zero-order valence-electron chi connectivity index (χ0n) is 14.2. The Labute approximate surface area is 156 Å². The van der Waals surface area contributed by atoms with Gasteiger partial charge in [0.15, 0.2) is 0 Å². The van der Waals surface area contributed by atoms with Crippen LogP contribution in [0.3, 0.4) is 0 Å². The molecule has 0 unspecified atom stereocenters. The summed E-state index contributed by atoms with van der Waals surface area (Å²) in [5, 5.41) is 2.83. The Kier molecular flexibility index (Phi) is 5.53. The van der Waals surface area contributed by atoms with E-state index < -0.39 is 6.04 Å². The first-order chi connectivity index (χ1) is 12.0. The number of carbonyl (C=O) groups excluding carboxylic acids is 2. The van der Waals surface area contributed by atoms with Crippen molar-refractivity contribution in [2.24, 2.45) is 0 Å². The minimum Gasteiger partial charge on any atom is -0.344 e. The zero-order valence-corrected chi connectivity index (χ0v) is 15.8. The van der Waals surface area contributed by atoms with Gasteiger partial charge in [0.25, 0.3) is 0 Å². The monoisotopic (exact) mass is 400 g/mol. The summed E-state index contributed by atoms with van der Waals surface area (Å²) in [5.74, 6) is -0.204. The highest BCUT2D eigenvalue weighted by Gasteiger charge is 2.26. The van der Waals surface area contributed by atoms with Crippen LogP contribution in [0.5, 0.6) is 0 Å². The number of carbonyl (C=O) groups is 2. The number of nitrogens with one attached hydrogen (secondary N) is 1. The number of aryl methyl sites for hydroxylation is 1. The zero-order chi connectivity index (χ0) is 17.8. The number of hydrogen-bond donors (Lipinski definition) is 1. The highest BCUT2D eigenvalue weighted by molar-refractivity contribution is 9.10. The molecule has 1 N–H and O–H groups in total. The fourth-order valence-electron chi connectivity index (χ4n) is 3.14. The number of amides is 2. The summed E-state index contributed by atoms with van der Waals surface area (Å²) in [4.78, 5) is 26.8. The van der Waals surface area contributed by atoms with Gasteiger partial charge in [-0.15, -0.1) is 0 Å². The molecule has 0 spiro atoms. The number of para-hydroxylation sites is 1. The molecule has 4 nitrogen and oxygen atoms in total. The predicted molar refractivity (Wildman–Crippen MR) is 103 cm³/mol. The van der Waals surface area contributed by atoms with Gasteiger partial charge in [0.2, 0.25) is 11.8 Å². The van der Waals surface area contributed by atoms with Gasteiger partial charge in [-0.05, 0) is 49.1 Å². The van der Waals surface area contributed by atoms with Crippen LogP contribution in [0, 0.1) is 0 Å². The lowest BCUT2D eigenvalue weighted by Crippen LogP contribution is -2.49. The van der Waals surface area contributed by atoms with Gasteiger partial charge in [-0.2, -0.15) is 0 Å². The Hall–Kier alpha value is -2.14. The second-order valence-electron chi connectivity index (χ2n) is 6.31. The lowest BCUT2D eigenvalue weighted by Gasteiger charge is -2.31. The fraction of sp³-hybridized carbons (Fsp3) is 0.300. The molecule has 2 aromatic rings. The van der Waals surface area contributed by atoms with Crippen LogP contribution in [0.4, 0.5) is 5.69 Å². The summed E-state index contributed by atoms with van der Waals surface area (Å²) in [6.45, 7) is 2.45. The van der Waals surface area contributed by atoms with Gasteiger partial charge in [-0.3, -0.25) is 9.59 Å². The standard InChI is InChI=1S/C20H21BrN2O2/c1-14(22-19(24)13-15-8-10-17(21)11-9-15)20(25)23-12-4-6-16-5-2-3-7-18(16)23/h2-3,5,7-11,14H,4,6,12-13H2,1H3,(H,22,24)/t14-/m1/s1. The SMILES string of the molecule is C[C@@H](NC(=O)Cc1ccc(Br)cc1)C(=O)N1CCCc2ccccc21. The van der Waals surface area contributed by atoms with Crippen LogP contribution in [0.2, 0.25) is 0 Å². The number of nitrogens with zero attached hydrogens (tertiary/aromatic N) is 1. The molecule has 1 aliphatic heterocycles. The fourth-order valence-corrected chi connectivity index (χ4v) is 3.40. The van der Waals surface area contributed by atoms with Crippen LogP contribution in [-0.2, 0) is 22.4 Å². The molecule has 25 heavy (non-hydrogen) atoms. The molecule has 0 aliphatic carbocycles. The largest absolute Gasteiger partial charge is 0.344 e. The number of fused-ring (bicyclic) bond motifs is 1. The molecular weight excluding hydrogens is 380 g/mol. The van der Waals surface area contributed by atoms with Crippen molar-refractivity contribution in [3.05, 3.63) is 64.1 Å². The van der Waals surface area contributed by atoms with E-state index in [-0.39, 0.29) is 18.2 Å². The molecule has 0 saturated carbocycles. The highest BCUT2D eigenvalue weighted by Crippen LogP contribution is 2.27. The number of halogens is 1. The molecule has 0 bridgehead atoms. The molecule has 0 aromatic heterocycles. The topological polar surface area (TPSA) is 49.4 Å². The number of benzene rings is 2. The minimum atomic E-state index is -0.547. The molecule has 3 rings (SSSR count). The quantitative estimate of drug-likeness (QED) is 0.853. The smallest absolute Gasteiger partial charge is 0.249 e. The van der Waals surface area contributed by atoms with E-state index in [1.807, 2.05) is 42.5 Å². The first kappa shape index (κ1) is 17.7. The van der Waals surface area contributed by atoms with Crippen LogP contribution in [0.25, 0.3) is 0 Å². The molecule has 2 amide bonds. The van der Waals surface area contributed by atoms with Crippen LogP contribution in [-0.4, -0.2) is 24.4 Å². The Bertz CT molecular complexity index is 774. The van der Waals surface area contributed by atoms with E-state index in [2.05, 4.69) is 27.3 Å². The van der Waals surface area contributed by atoms with Gasteiger partial charge < -0.3 is 10.2 Å². The molecule has 0 fully saturated rings. The first-order valence-corrected chi connectivity index (χ1v) is 9.27. The summed E-state index contributed by atoms with van der Waals surface area (Å²) in [5.41, 5.74) is 3.08. The first-order valence-electron chi connectivity index (χ1n) is 8.47. The van der Waals surface area contributed by atoms with E-state index in [4.69, 9.17) is 0 Å². The summed E-state index contributed by atoms with van der Waals surface area (Å²) >= 11 is 3.38. The Balaban J connectivity index is 1.63. The summed E-state index contributed by atoms with van der Waals surface area (Å²) in [6, 6.07) is 15.0. The summed E-state index contributed by atoms with van der Waals surface area (Å²) in [7, 11) is 0. The van der Waals surface area contributed by atoms with Crippen molar-refractivity contribution in [1.29, 1.82) is 0 Å². The third-order valence-electron chi connectivity index (χ3n) is 4.40. The molecule has 1 heterocycles. The second kappa shape index (κ2) is 7.83. The summed E-state index contributed by atoms with van der Waals surface area (Å²) < 4.78 is 0.976. The number of rotatable bonds is 4. The molecule has 2 aromatic carbocycles. The van der Waals surface area contributed by atoms with Crippen molar-refractivity contribution in [3.63, 3.8) is 0 Å². The van der Waals surface area contributed by atoms with Crippen molar-refractivity contribution in [2.45, 2.75) is 32.2 Å². The third kappa shape index (κ3) is 4.28. The maximum atomic E-state index is 12.8. The average Bonchev–Trinajstić information content (AvgIpc) is 2.62. The molecule has 0 radical (unpaired) electrons. The minimum absolute atomic E-state index is 0.0590. The van der Waals surface area contributed by atoms with Gasteiger partial charge in [0.1, 0.15) is 6.04 Å². The lowest BCUT2D eigenvalue weighted by molar-refractivity contribution is -0.126. The second-order valence-corrected chi connectivity index (χ2v) is 7.23. The van der Waals surface area contributed by atoms with Crippen LogP contribution < -0.4 is 10.2 Å². The van der Waals surface area contributed by atoms with E-state index >= 15 is 0 Å². The molecular formula is C20H21BrN2O2. The van der Waals surface area contributed by atoms with Gasteiger partial charge in [-0.1, -0.05) is 46.3 Å². The van der Waals surface area contributed by atoms with Gasteiger partial charge in [0, 0.05) is 16.7 Å². The van der Waals surface area contributed by atoms with E-state index in [1.165, 1.54) is 5.56 Å². The molecule has 1 atom stereocenters. The molecule has 1 aliphatic rings. The highest BCUT2D eigenvalue weighted by atomic mass is 79.9. The Morgan fingerprint density at radius 1 is 1.16 bits per heavy atom. The van der Waals surface area contributed by atoms with Crippen LogP contribution >= 0.6 is 15.9 Å². The van der Waals surface area contributed by atoms with Crippen LogP contribution in [0.1, 0.15) is 24.5 Å². The maximum Gasteiger partial charge on any atom is 0.249 e. The van der Waals surface area contributed by atoms with E-state index in [0.717, 1.165) is 28.6 Å². The average molecular weight is 401 g/mol. The molecule has 5 heteroatoms. The van der Waals surface area contributed by atoms with E-state index in [0.29, 0.717) is 6.54 Å². The predicted octanol–water partition coefficient (Wildman–Crippen LogP) is 3.48. The summed E-state index contributed by atoms with van der Waals surface area (Å²) in [6.07, 6.45) is 2.20. The number of anilines is 1. The van der Waals surface area contributed by atoms with E-state index in [1.54, 1.807) is 11.8 Å². The lowest BCUT2D eigenvalue weighted by atomic mass is 10.0. The van der Waals surface area contributed by atoms with Gasteiger partial charge >= 0.3 is 0 Å². The van der Waals surface area contributed by atoms with Crippen molar-refractivity contribution in [2.75, 3.05) is 11.4 Å². The molecule has 0 saturated heterocycles. The van der Waals surface area contributed by atoms with E-state index in [9.17, 15) is 9.59 Å². The van der Waals surface area contributed by atoms with Gasteiger partial charge in [-0.25, -0.2) is 0 Å². The Morgan fingerprint density at radius 2 is 1.88 bits per heavy atom. The third-order valence-corrected chi connectivity index (χ3v) is 4.93. The number of hydrogen-bond acceptors (Lipinski definition) is 2. The van der Waals surface area contributed by atoms with Crippen molar-refractivity contribution < 1.29 is 9.59 Å². The molecule has 130 valence electrons. The normalized spacial score (nSPS) is 14.6. The van der Waals surface area contributed by atoms with Crippen molar-refractivity contribution >= 4 is 33.4 Å². The van der Waals surface area contributed by atoms with Crippen LogP contribution in [0.15, 0.2) is 53.0 Å². The van der Waals surface area contributed by atoms with Crippen molar-refractivity contribution in [3.8, 4) is 0 Å². The van der Waals surface area contributed by atoms with Gasteiger partial charge in [0.05, 0.1) is 6.42 Å². The Morgan fingerprint density at radius 3 is 2.64 bits per heavy atom. The maximum absolute atomic E-state index is 12.8. The van der Waals surface area contributed by atoms with Crippen molar-refractivity contribution in [1.82, 2.24) is 5.32 Å².